The van der Waals surface area contributed by atoms with Crippen LogP contribution in [0.3, 0.4) is 0 Å². The third-order valence-corrected chi connectivity index (χ3v) is 4.16. The SMILES string of the molecule is CCOC(OCC)(OCCn1cnc2c(N)ncnc21)P(=O)(O)O. The lowest BCUT2D eigenvalue weighted by atomic mass is 10.5. The van der Waals surface area contributed by atoms with Gasteiger partial charge in [-0.2, -0.15) is 0 Å². The van der Waals surface area contributed by atoms with Gasteiger partial charge in [-0.05, 0) is 13.8 Å². The van der Waals surface area contributed by atoms with E-state index in [0.717, 1.165) is 0 Å². The van der Waals surface area contributed by atoms with Gasteiger partial charge < -0.3 is 34.3 Å². The Hall–Kier alpha value is -1.62. The number of nitrogens with two attached hydrogens (primary N) is 1. The fourth-order valence-corrected chi connectivity index (χ4v) is 2.93. The van der Waals surface area contributed by atoms with Crippen LogP contribution in [0.15, 0.2) is 12.7 Å². The van der Waals surface area contributed by atoms with Crippen LogP contribution in [0.4, 0.5) is 5.82 Å². The number of hydrogen-bond donors (Lipinski definition) is 3. The lowest BCUT2D eigenvalue weighted by Gasteiger charge is -2.32. The molecule has 0 bridgehead atoms. The third kappa shape index (κ3) is 3.72. The summed E-state index contributed by atoms with van der Waals surface area (Å²) < 4.78 is 28.8. The zero-order chi connectivity index (χ0) is 17.8. The molecule has 134 valence electrons. The third-order valence-electron chi connectivity index (χ3n) is 3.06. The molecule has 24 heavy (non-hydrogen) atoms. The number of rotatable bonds is 9. The normalized spacial score (nSPS) is 12.8. The van der Waals surface area contributed by atoms with Gasteiger partial charge in [0.2, 0.25) is 0 Å². The second-order valence-electron chi connectivity index (χ2n) is 4.65. The first kappa shape index (κ1) is 18.7. The molecule has 0 unspecified atom stereocenters. The van der Waals surface area contributed by atoms with E-state index < -0.39 is 13.3 Å². The molecule has 11 nitrogen and oxygen atoms in total. The van der Waals surface area contributed by atoms with Crippen molar-refractivity contribution >= 4 is 24.6 Å². The van der Waals surface area contributed by atoms with Gasteiger partial charge in [0.05, 0.1) is 26.1 Å². The number of ether oxygens (including phenoxy) is 3. The summed E-state index contributed by atoms with van der Waals surface area (Å²) in [5.41, 5.74) is 4.20. The van der Waals surface area contributed by atoms with Crippen molar-refractivity contribution in [2.45, 2.75) is 26.1 Å². The highest BCUT2D eigenvalue weighted by molar-refractivity contribution is 7.52. The Labute approximate surface area is 137 Å². The van der Waals surface area contributed by atoms with Gasteiger partial charge in [-0.25, -0.2) is 15.0 Å². The minimum absolute atomic E-state index is 0.00285. The number of anilines is 1. The van der Waals surface area contributed by atoms with Crippen LogP contribution in [0.2, 0.25) is 0 Å². The van der Waals surface area contributed by atoms with E-state index in [2.05, 4.69) is 15.0 Å². The Morgan fingerprint density at radius 2 is 1.88 bits per heavy atom. The number of hydrogen-bond acceptors (Lipinski definition) is 8. The molecule has 0 atom stereocenters. The zero-order valence-corrected chi connectivity index (χ0v) is 14.2. The van der Waals surface area contributed by atoms with Crippen molar-refractivity contribution in [1.29, 1.82) is 0 Å². The van der Waals surface area contributed by atoms with Gasteiger partial charge >= 0.3 is 13.3 Å². The molecule has 2 heterocycles. The van der Waals surface area contributed by atoms with Crippen LogP contribution >= 0.6 is 7.60 Å². The van der Waals surface area contributed by atoms with Crippen LogP contribution < -0.4 is 5.73 Å². The molecule has 0 aliphatic heterocycles. The molecule has 0 amide bonds. The fraction of sp³-hybridized carbons (Fsp3) is 0.583. The highest BCUT2D eigenvalue weighted by Crippen LogP contribution is 2.52. The molecule has 0 saturated carbocycles. The molecule has 2 rings (SSSR count). The maximum atomic E-state index is 11.7. The van der Waals surface area contributed by atoms with E-state index in [4.69, 9.17) is 19.9 Å². The largest absolute Gasteiger partial charge is 0.415 e. The molecule has 0 saturated heterocycles. The smallest absolute Gasteiger partial charge is 0.382 e. The van der Waals surface area contributed by atoms with Crippen LogP contribution in [0.1, 0.15) is 13.8 Å². The van der Waals surface area contributed by atoms with Gasteiger partial charge in [-0.1, -0.05) is 0 Å². The van der Waals surface area contributed by atoms with Crippen molar-refractivity contribution in [2.24, 2.45) is 0 Å². The highest BCUT2D eigenvalue weighted by Gasteiger charge is 2.51. The first-order valence-corrected chi connectivity index (χ1v) is 8.84. The first-order valence-electron chi connectivity index (χ1n) is 7.23. The maximum Gasteiger partial charge on any atom is 0.415 e. The average molecular weight is 361 g/mol. The Kier molecular flexibility index (Phi) is 5.86. The lowest BCUT2D eigenvalue weighted by molar-refractivity contribution is -0.331. The van der Waals surface area contributed by atoms with Crippen LogP contribution in [-0.2, 0) is 25.3 Å². The van der Waals surface area contributed by atoms with Gasteiger partial charge in [0.1, 0.15) is 11.8 Å². The van der Waals surface area contributed by atoms with E-state index in [1.54, 1.807) is 18.4 Å². The van der Waals surface area contributed by atoms with Crippen molar-refractivity contribution < 1.29 is 28.6 Å². The Morgan fingerprint density at radius 3 is 2.46 bits per heavy atom. The summed E-state index contributed by atoms with van der Waals surface area (Å²) in [6, 6.07) is 0. The van der Waals surface area contributed by atoms with Crippen LogP contribution in [-0.4, -0.2) is 54.8 Å². The molecule has 0 aromatic carbocycles. The molecule has 0 spiro atoms. The van der Waals surface area contributed by atoms with E-state index in [1.165, 1.54) is 12.7 Å². The van der Waals surface area contributed by atoms with Crippen molar-refractivity contribution in [3.63, 3.8) is 0 Å². The maximum absolute atomic E-state index is 11.7. The number of nitrogens with zero attached hydrogens (tertiary/aromatic N) is 4. The molecule has 0 radical (unpaired) electrons. The molecular weight excluding hydrogens is 341 g/mol. The van der Waals surface area contributed by atoms with Crippen molar-refractivity contribution in [1.82, 2.24) is 19.5 Å². The minimum atomic E-state index is -4.84. The highest BCUT2D eigenvalue weighted by atomic mass is 31.2. The number of aromatic nitrogens is 4. The van der Waals surface area contributed by atoms with Crippen molar-refractivity contribution in [2.75, 3.05) is 25.6 Å². The van der Waals surface area contributed by atoms with Gasteiger partial charge in [0, 0.05) is 6.54 Å². The van der Waals surface area contributed by atoms with E-state index in [0.29, 0.717) is 11.2 Å². The molecule has 0 aliphatic carbocycles. The Morgan fingerprint density at radius 1 is 1.21 bits per heavy atom. The number of imidazole rings is 1. The molecule has 4 N–H and O–H groups in total. The predicted octanol–water partition coefficient (Wildman–Crippen LogP) is 0.287. The number of fused-ring (bicyclic) bond motifs is 1. The van der Waals surface area contributed by atoms with E-state index >= 15 is 0 Å². The molecule has 2 aromatic heterocycles. The van der Waals surface area contributed by atoms with Gasteiger partial charge in [0.15, 0.2) is 11.5 Å². The quantitative estimate of drug-likeness (QED) is 0.419. The molecule has 12 heteroatoms. The topological polar surface area (TPSA) is 155 Å². The summed E-state index contributed by atoms with van der Waals surface area (Å²) >= 11 is 0. The predicted molar refractivity (Wildman–Crippen MR) is 83.7 cm³/mol. The fourth-order valence-electron chi connectivity index (χ4n) is 2.08. The summed E-state index contributed by atoms with van der Waals surface area (Å²) in [6.45, 7) is 3.26. The molecular formula is C12H20N5O6P. The summed E-state index contributed by atoms with van der Waals surface area (Å²) in [4.78, 5) is 31.1. The summed E-state index contributed by atoms with van der Waals surface area (Å²) in [5, 5.41) is 0. The van der Waals surface area contributed by atoms with Crippen LogP contribution in [0.5, 0.6) is 0 Å². The second-order valence-corrected chi connectivity index (χ2v) is 6.29. The Bertz CT molecular complexity index is 726. The average Bonchev–Trinajstić information content (AvgIpc) is 2.91. The summed E-state index contributed by atoms with van der Waals surface area (Å²) in [7, 11) is -4.84. The van der Waals surface area contributed by atoms with Crippen LogP contribution in [0.25, 0.3) is 11.2 Å². The molecule has 0 aliphatic rings. The van der Waals surface area contributed by atoms with Gasteiger partial charge in [0.25, 0.3) is 0 Å². The van der Waals surface area contributed by atoms with Crippen molar-refractivity contribution in [3.05, 3.63) is 12.7 Å². The Balaban J connectivity index is 2.14. The number of nitrogen functional groups attached to an aromatic ring is 1. The zero-order valence-electron chi connectivity index (χ0n) is 13.3. The standard InChI is InChI=1S/C12H20N5O6P/c1-3-21-12(22-4-2,24(18,19)20)23-6-5-17-8-16-9-10(13)14-7-15-11(9)17/h7-8H,3-6H2,1-2H3,(H2,13,14,15)(H2,18,19,20). The monoisotopic (exact) mass is 361 g/mol. The summed E-state index contributed by atoms with van der Waals surface area (Å²) in [5.74, 6) is 0.243. The summed E-state index contributed by atoms with van der Waals surface area (Å²) in [6.07, 6.45) is 2.79. The first-order chi connectivity index (χ1) is 11.3. The van der Waals surface area contributed by atoms with Gasteiger partial charge in [-0.15, -0.1) is 0 Å². The van der Waals surface area contributed by atoms with Gasteiger partial charge in [-0.3, -0.25) is 4.57 Å². The minimum Gasteiger partial charge on any atom is -0.382 e. The molecule has 2 aromatic rings. The van der Waals surface area contributed by atoms with E-state index in [9.17, 15) is 14.4 Å². The second kappa shape index (κ2) is 7.51. The molecule has 0 fully saturated rings. The lowest BCUT2D eigenvalue weighted by Crippen LogP contribution is -2.40. The van der Waals surface area contributed by atoms with E-state index in [-0.39, 0.29) is 32.2 Å². The van der Waals surface area contributed by atoms with Crippen LogP contribution in [0, 0.1) is 0 Å². The van der Waals surface area contributed by atoms with Crippen molar-refractivity contribution in [3.8, 4) is 0 Å². The van der Waals surface area contributed by atoms with E-state index in [1.807, 2.05) is 0 Å².